The molecule has 1 aliphatic heterocycles. The Kier molecular flexibility index (Phi) is 5.64. The lowest BCUT2D eigenvalue weighted by molar-refractivity contribution is 0.258. The van der Waals surface area contributed by atoms with Crippen LogP contribution in [-0.4, -0.2) is 23.3 Å². The number of nitrogens with zero attached hydrogens (tertiary/aromatic N) is 3. The Morgan fingerprint density at radius 1 is 1.10 bits per heavy atom. The zero-order valence-electron chi connectivity index (χ0n) is 12.3. The average Bonchev–Trinajstić information content (AvgIpc) is 2.97. The maximum Gasteiger partial charge on any atom is 0.105 e. The number of rotatable bonds is 2. The normalized spacial score (nSPS) is 21.1. The molecule has 4 heteroatoms. The third-order valence-corrected chi connectivity index (χ3v) is 4.42. The molecule has 1 aliphatic carbocycles. The molecule has 21 heavy (non-hydrogen) atoms. The maximum atomic E-state index is 9.17. The van der Waals surface area contributed by atoms with Gasteiger partial charge in [-0.25, -0.2) is 4.99 Å². The smallest absolute Gasteiger partial charge is 0.105 e. The second-order valence-corrected chi connectivity index (χ2v) is 5.75. The number of hydrogen-bond acceptors (Lipinski definition) is 2. The Bertz CT molecular complexity index is 541. The standard InChI is InChI=1S/C17H21N3.ClH/c18-13-14-7-4-5-10-16(14)19-17-11-6-12-20(17)15-8-2-1-3-9-15;/h4-5,7,10,15H,1-3,6,8-9,11-12H2;1H. The first kappa shape index (κ1) is 15.9. The molecule has 0 unspecified atom stereocenters. The minimum absolute atomic E-state index is 0. The Morgan fingerprint density at radius 3 is 2.62 bits per heavy atom. The monoisotopic (exact) mass is 303 g/mol. The van der Waals surface area contributed by atoms with Gasteiger partial charge in [0.15, 0.2) is 0 Å². The summed E-state index contributed by atoms with van der Waals surface area (Å²) >= 11 is 0. The highest BCUT2D eigenvalue weighted by molar-refractivity contribution is 5.87. The zero-order valence-corrected chi connectivity index (χ0v) is 13.1. The minimum Gasteiger partial charge on any atom is -0.357 e. The summed E-state index contributed by atoms with van der Waals surface area (Å²) < 4.78 is 0. The summed E-state index contributed by atoms with van der Waals surface area (Å²) in [5.74, 6) is 1.19. The molecule has 1 aromatic rings. The van der Waals surface area contributed by atoms with Crippen molar-refractivity contribution in [1.29, 1.82) is 5.26 Å². The molecular formula is C17H22ClN3. The van der Waals surface area contributed by atoms with E-state index in [9.17, 15) is 5.26 Å². The van der Waals surface area contributed by atoms with Gasteiger partial charge in [0.05, 0.1) is 11.3 Å². The van der Waals surface area contributed by atoms with Crippen molar-refractivity contribution in [2.24, 2.45) is 4.99 Å². The number of halogens is 1. The molecule has 0 atom stereocenters. The van der Waals surface area contributed by atoms with Gasteiger partial charge < -0.3 is 4.90 Å². The Hall–Kier alpha value is -1.53. The lowest BCUT2D eigenvalue weighted by Crippen LogP contribution is -2.37. The van der Waals surface area contributed by atoms with E-state index in [1.165, 1.54) is 44.4 Å². The van der Waals surface area contributed by atoms with Crippen LogP contribution in [-0.2, 0) is 0 Å². The Balaban J connectivity index is 0.00000161. The molecule has 112 valence electrons. The SMILES string of the molecule is Cl.N#Cc1ccccc1N=C1CCCN1C1CCCCC1. The van der Waals surface area contributed by atoms with E-state index in [0.29, 0.717) is 11.6 Å². The number of aliphatic imine (C=N–C) groups is 1. The summed E-state index contributed by atoms with van der Waals surface area (Å²) in [4.78, 5) is 7.31. The fraction of sp³-hybridized carbons (Fsp3) is 0.529. The fourth-order valence-corrected chi connectivity index (χ4v) is 3.39. The highest BCUT2D eigenvalue weighted by Gasteiger charge is 2.27. The van der Waals surface area contributed by atoms with Crippen LogP contribution in [0.25, 0.3) is 0 Å². The van der Waals surface area contributed by atoms with Gasteiger partial charge in [0.2, 0.25) is 0 Å². The van der Waals surface area contributed by atoms with Gasteiger partial charge in [0.1, 0.15) is 11.9 Å². The minimum atomic E-state index is 0. The van der Waals surface area contributed by atoms with Crippen LogP contribution in [0.3, 0.4) is 0 Å². The van der Waals surface area contributed by atoms with Crippen molar-refractivity contribution in [3.8, 4) is 6.07 Å². The van der Waals surface area contributed by atoms with E-state index in [-0.39, 0.29) is 12.4 Å². The summed E-state index contributed by atoms with van der Waals surface area (Å²) in [5, 5.41) is 9.17. The molecule has 0 amide bonds. The molecule has 1 saturated heterocycles. The third kappa shape index (κ3) is 3.57. The number of nitriles is 1. The van der Waals surface area contributed by atoms with E-state index in [2.05, 4.69) is 11.0 Å². The van der Waals surface area contributed by atoms with Crippen LogP contribution in [0.1, 0.15) is 50.5 Å². The summed E-state index contributed by atoms with van der Waals surface area (Å²) in [5.41, 5.74) is 1.50. The van der Waals surface area contributed by atoms with Gasteiger partial charge in [-0.3, -0.25) is 0 Å². The third-order valence-electron chi connectivity index (χ3n) is 4.42. The van der Waals surface area contributed by atoms with E-state index in [4.69, 9.17) is 4.99 Å². The molecule has 3 nitrogen and oxygen atoms in total. The molecule has 3 rings (SSSR count). The fourth-order valence-electron chi connectivity index (χ4n) is 3.39. The van der Waals surface area contributed by atoms with Crippen molar-refractivity contribution in [2.45, 2.75) is 51.0 Å². The molecule has 2 aliphatic rings. The van der Waals surface area contributed by atoms with Crippen LogP contribution < -0.4 is 0 Å². The van der Waals surface area contributed by atoms with Crippen molar-refractivity contribution in [2.75, 3.05) is 6.54 Å². The second kappa shape index (κ2) is 7.47. The molecular weight excluding hydrogens is 282 g/mol. The van der Waals surface area contributed by atoms with Gasteiger partial charge in [0, 0.05) is 19.0 Å². The van der Waals surface area contributed by atoms with Crippen LogP contribution in [0.2, 0.25) is 0 Å². The predicted octanol–water partition coefficient (Wildman–Crippen LogP) is 4.44. The highest BCUT2D eigenvalue weighted by Crippen LogP contribution is 2.28. The van der Waals surface area contributed by atoms with Crippen LogP contribution in [0.15, 0.2) is 29.3 Å². The summed E-state index contributed by atoms with van der Waals surface area (Å²) in [6.07, 6.45) is 8.94. The molecule has 1 aromatic carbocycles. The molecule has 0 aromatic heterocycles. The summed E-state index contributed by atoms with van der Waals surface area (Å²) in [6, 6.07) is 10.6. The maximum absolute atomic E-state index is 9.17. The van der Waals surface area contributed by atoms with Crippen molar-refractivity contribution in [3.63, 3.8) is 0 Å². The van der Waals surface area contributed by atoms with Crippen LogP contribution in [0.4, 0.5) is 5.69 Å². The van der Waals surface area contributed by atoms with Crippen LogP contribution >= 0.6 is 12.4 Å². The molecule has 1 heterocycles. The highest BCUT2D eigenvalue weighted by atomic mass is 35.5. The molecule has 0 N–H and O–H groups in total. The van der Waals surface area contributed by atoms with E-state index >= 15 is 0 Å². The molecule has 1 saturated carbocycles. The van der Waals surface area contributed by atoms with Gasteiger partial charge in [-0.1, -0.05) is 31.4 Å². The van der Waals surface area contributed by atoms with E-state index in [1.54, 1.807) is 0 Å². The number of para-hydroxylation sites is 1. The predicted molar refractivity (Wildman–Crippen MR) is 88.3 cm³/mol. The van der Waals surface area contributed by atoms with Gasteiger partial charge in [-0.05, 0) is 31.4 Å². The van der Waals surface area contributed by atoms with Crippen molar-refractivity contribution < 1.29 is 0 Å². The van der Waals surface area contributed by atoms with Gasteiger partial charge in [0.25, 0.3) is 0 Å². The summed E-state index contributed by atoms with van der Waals surface area (Å²) in [7, 11) is 0. The van der Waals surface area contributed by atoms with Crippen molar-refractivity contribution >= 4 is 23.9 Å². The first-order valence-corrected chi connectivity index (χ1v) is 7.72. The molecule has 0 radical (unpaired) electrons. The Labute approximate surface area is 133 Å². The molecule has 0 spiro atoms. The van der Waals surface area contributed by atoms with E-state index in [1.807, 2.05) is 24.3 Å². The Morgan fingerprint density at radius 2 is 1.86 bits per heavy atom. The topological polar surface area (TPSA) is 39.4 Å². The van der Waals surface area contributed by atoms with Crippen LogP contribution in [0, 0.1) is 11.3 Å². The van der Waals surface area contributed by atoms with Gasteiger partial charge in [-0.2, -0.15) is 5.26 Å². The van der Waals surface area contributed by atoms with Crippen molar-refractivity contribution in [3.05, 3.63) is 29.8 Å². The lowest BCUT2D eigenvalue weighted by atomic mass is 9.94. The number of amidine groups is 1. The number of hydrogen-bond donors (Lipinski definition) is 0. The lowest BCUT2D eigenvalue weighted by Gasteiger charge is -2.32. The number of likely N-dealkylation sites (tertiary alicyclic amines) is 1. The van der Waals surface area contributed by atoms with Gasteiger partial charge in [-0.15, -0.1) is 12.4 Å². The van der Waals surface area contributed by atoms with E-state index < -0.39 is 0 Å². The average molecular weight is 304 g/mol. The van der Waals surface area contributed by atoms with E-state index in [0.717, 1.165) is 18.7 Å². The first-order valence-electron chi connectivity index (χ1n) is 7.72. The largest absolute Gasteiger partial charge is 0.357 e. The molecule has 2 fully saturated rings. The number of benzene rings is 1. The molecule has 0 bridgehead atoms. The first-order chi connectivity index (χ1) is 9.88. The summed E-state index contributed by atoms with van der Waals surface area (Å²) in [6.45, 7) is 1.14. The zero-order chi connectivity index (χ0) is 13.8. The second-order valence-electron chi connectivity index (χ2n) is 5.75. The van der Waals surface area contributed by atoms with Crippen LogP contribution in [0.5, 0.6) is 0 Å². The van der Waals surface area contributed by atoms with Crippen molar-refractivity contribution in [1.82, 2.24) is 4.90 Å². The quantitative estimate of drug-likeness (QED) is 0.810. The van der Waals surface area contributed by atoms with Gasteiger partial charge >= 0.3 is 0 Å².